The Morgan fingerprint density at radius 2 is 2.27 bits per heavy atom. The number of aromatic nitrogens is 2. The molecule has 0 unspecified atom stereocenters. The van der Waals surface area contributed by atoms with Crippen molar-refractivity contribution in [1.82, 2.24) is 15.0 Å². The van der Waals surface area contributed by atoms with Crippen LogP contribution in [-0.4, -0.2) is 40.6 Å². The maximum absolute atomic E-state index is 12.3. The molecule has 134 valence electrons. The normalized spacial score (nSPS) is 19.8. The third-order valence-electron chi connectivity index (χ3n) is 4.87. The highest BCUT2D eigenvalue weighted by Crippen LogP contribution is 2.34. The standard InChI is InChI=1S/C20H21N3O3/c1-2-11-25-17-7-3-5-15(12-17)18-21-19(26-22-18)16-6-4-10-23(13-16)20(24)14-8-9-14/h1,3,5,7,12,14,16H,4,6,8-11,13H2/t16-/m1/s1. The Hall–Kier alpha value is -2.81. The lowest BCUT2D eigenvalue weighted by Gasteiger charge is -2.31. The van der Waals surface area contributed by atoms with Gasteiger partial charge in [0.05, 0.1) is 5.92 Å². The van der Waals surface area contributed by atoms with Gasteiger partial charge in [0.25, 0.3) is 0 Å². The Balaban J connectivity index is 1.47. The van der Waals surface area contributed by atoms with Gasteiger partial charge in [-0.15, -0.1) is 6.42 Å². The monoisotopic (exact) mass is 351 g/mol. The lowest BCUT2D eigenvalue weighted by molar-refractivity contribution is -0.133. The van der Waals surface area contributed by atoms with Crippen LogP contribution in [0.4, 0.5) is 0 Å². The van der Waals surface area contributed by atoms with E-state index in [-0.39, 0.29) is 24.3 Å². The molecule has 1 aromatic heterocycles. The first-order valence-electron chi connectivity index (χ1n) is 9.03. The number of amides is 1. The van der Waals surface area contributed by atoms with E-state index in [4.69, 9.17) is 15.7 Å². The van der Waals surface area contributed by atoms with Gasteiger partial charge in [-0.3, -0.25) is 4.79 Å². The van der Waals surface area contributed by atoms with E-state index in [1.54, 1.807) is 0 Å². The Kier molecular flexibility index (Phi) is 4.61. The van der Waals surface area contributed by atoms with Crippen molar-refractivity contribution in [1.29, 1.82) is 0 Å². The van der Waals surface area contributed by atoms with Gasteiger partial charge in [-0.2, -0.15) is 4.98 Å². The van der Waals surface area contributed by atoms with Crippen molar-refractivity contribution >= 4 is 5.91 Å². The van der Waals surface area contributed by atoms with Crippen LogP contribution in [0.1, 0.15) is 37.5 Å². The zero-order valence-corrected chi connectivity index (χ0v) is 14.6. The van der Waals surface area contributed by atoms with Gasteiger partial charge in [0.1, 0.15) is 12.4 Å². The average molecular weight is 351 g/mol. The molecule has 1 atom stereocenters. The highest BCUT2D eigenvalue weighted by Gasteiger charge is 2.36. The molecule has 1 saturated heterocycles. The number of carbonyl (C=O) groups excluding carboxylic acids is 1. The van der Waals surface area contributed by atoms with Gasteiger partial charge in [0, 0.05) is 24.6 Å². The summed E-state index contributed by atoms with van der Waals surface area (Å²) in [5, 5.41) is 4.11. The number of terminal acetylenes is 1. The predicted molar refractivity (Wildman–Crippen MR) is 95.3 cm³/mol. The molecule has 2 aromatic rings. The first-order chi connectivity index (χ1) is 12.7. The summed E-state index contributed by atoms with van der Waals surface area (Å²) in [5.41, 5.74) is 0.816. The molecule has 0 N–H and O–H groups in total. The molecule has 1 saturated carbocycles. The minimum atomic E-state index is 0.105. The van der Waals surface area contributed by atoms with E-state index in [2.05, 4.69) is 16.1 Å². The van der Waals surface area contributed by atoms with Crippen molar-refractivity contribution in [2.24, 2.45) is 5.92 Å². The van der Waals surface area contributed by atoms with E-state index in [9.17, 15) is 4.79 Å². The summed E-state index contributed by atoms with van der Waals surface area (Å²) < 4.78 is 11.0. The first kappa shape index (κ1) is 16.6. The van der Waals surface area contributed by atoms with Crippen LogP contribution in [0.5, 0.6) is 5.75 Å². The second kappa shape index (κ2) is 7.20. The van der Waals surface area contributed by atoms with Crippen molar-refractivity contribution in [3.8, 4) is 29.5 Å². The number of hydrogen-bond donors (Lipinski definition) is 0. The minimum Gasteiger partial charge on any atom is -0.481 e. The summed E-state index contributed by atoms with van der Waals surface area (Å²) in [6, 6.07) is 7.45. The summed E-state index contributed by atoms with van der Waals surface area (Å²) >= 11 is 0. The summed E-state index contributed by atoms with van der Waals surface area (Å²) in [6.07, 6.45) is 9.21. The van der Waals surface area contributed by atoms with E-state index >= 15 is 0 Å². The van der Waals surface area contributed by atoms with Crippen LogP contribution in [0.15, 0.2) is 28.8 Å². The third kappa shape index (κ3) is 3.57. The van der Waals surface area contributed by atoms with E-state index in [1.165, 1.54) is 0 Å². The molecule has 2 fully saturated rings. The Morgan fingerprint density at radius 1 is 1.38 bits per heavy atom. The fourth-order valence-electron chi connectivity index (χ4n) is 3.34. The molecule has 1 aromatic carbocycles. The number of ether oxygens (including phenoxy) is 1. The van der Waals surface area contributed by atoms with Crippen LogP contribution in [0.25, 0.3) is 11.4 Å². The maximum atomic E-state index is 12.3. The molecule has 0 radical (unpaired) electrons. The van der Waals surface area contributed by atoms with Crippen molar-refractivity contribution in [2.75, 3.05) is 19.7 Å². The molecule has 1 aliphatic heterocycles. The SMILES string of the molecule is C#CCOc1cccc(-c2noc([C@@H]3CCCN(C(=O)C4CC4)C3)n2)c1. The molecule has 2 heterocycles. The molecule has 4 rings (SSSR count). The van der Waals surface area contributed by atoms with Crippen LogP contribution in [0.3, 0.4) is 0 Å². The number of benzene rings is 1. The zero-order valence-electron chi connectivity index (χ0n) is 14.6. The van der Waals surface area contributed by atoms with Gasteiger partial charge < -0.3 is 14.2 Å². The predicted octanol–water partition coefficient (Wildman–Crippen LogP) is 2.86. The molecule has 6 heteroatoms. The van der Waals surface area contributed by atoms with Gasteiger partial charge in [-0.05, 0) is 37.8 Å². The molecule has 0 bridgehead atoms. The number of rotatable bonds is 5. The van der Waals surface area contributed by atoms with Gasteiger partial charge in [-0.25, -0.2) is 0 Å². The van der Waals surface area contributed by atoms with Crippen LogP contribution >= 0.6 is 0 Å². The first-order valence-corrected chi connectivity index (χ1v) is 9.03. The Bertz CT molecular complexity index is 835. The van der Waals surface area contributed by atoms with Crippen LogP contribution in [0.2, 0.25) is 0 Å². The summed E-state index contributed by atoms with van der Waals surface area (Å²) in [5.74, 6) is 4.88. The smallest absolute Gasteiger partial charge is 0.231 e. The lowest BCUT2D eigenvalue weighted by atomic mass is 9.97. The zero-order chi connectivity index (χ0) is 17.9. The number of nitrogens with zero attached hydrogens (tertiary/aromatic N) is 3. The Morgan fingerprint density at radius 3 is 3.08 bits per heavy atom. The molecular weight excluding hydrogens is 330 g/mol. The van der Waals surface area contributed by atoms with E-state index in [0.717, 1.165) is 37.8 Å². The highest BCUT2D eigenvalue weighted by atomic mass is 16.5. The van der Waals surface area contributed by atoms with Crippen molar-refractivity contribution in [3.63, 3.8) is 0 Å². The second-order valence-corrected chi connectivity index (χ2v) is 6.87. The molecule has 1 aliphatic carbocycles. The van der Waals surface area contributed by atoms with E-state index < -0.39 is 0 Å². The lowest BCUT2D eigenvalue weighted by Crippen LogP contribution is -2.40. The average Bonchev–Trinajstić information content (AvgIpc) is 3.42. The number of hydrogen-bond acceptors (Lipinski definition) is 5. The van der Waals surface area contributed by atoms with Crippen LogP contribution < -0.4 is 4.74 Å². The fraction of sp³-hybridized carbons (Fsp3) is 0.450. The molecule has 0 spiro atoms. The minimum absolute atomic E-state index is 0.105. The second-order valence-electron chi connectivity index (χ2n) is 6.87. The van der Waals surface area contributed by atoms with Gasteiger partial charge in [0.2, 0.25) is 17.6 Å². The molecule has 2 aliphatic rings. The Labute approximate surface area is 152 Å². The summed E-state index contributed by atoms with van der Waals surface area (Å²) in [7, 11) is 0. The maximum Gasteiger partial charge on any atom is 0.231 e. The third-order valence-corrected chi connectivity index (χ3v) is 4.87. The van der Waals surface area contributed by atoms with E-state index in [0.29, 0.717) is 24.0 Å². The number of piperidine rings is 1. The topological polar surface area (TPSA) is 68.5 Å². The van der Waals surface area contributed by atoms with Crippen molar-refractivity contribution < 1.29 is 14.1 Å². The van der Waals surface area contributed by atoms with Crippen molar-refractivity contribution in [3.05, 3.63) is 30.2 Å². The van der Waals surface area contributed by atoms with Crippen LogP contribution in [-0.2, 0) is 4.79 Å². The highest BCUT2D eigenvalue weighted by molar-refractivity contribution is 5.81. The summed E-state index contributed by atoms with van der Waals surface area (Å²) in [4.78, 5) is 18.8. The molecule has 1 amide bonds. The number of likely N-dealkylation sites (tertiary alicyclic amines) is 1. The quantitative estimate of drug-likeness (QED) is 0.775. The largest absolute Gasteiger partial charge is 0.481 e. The van der Waals surface area contributed by atoms with Crippen molar-refractivity contribution in [2.45, 2.75) is 31.6 Å². The van der Waals surface area contributed by atoms with Gasteiger partial charge >= 0.3 is 0 Å². The molecule has 26 heavy (non-hydrogen) atoms. The van der Waals surface area contributed by atoms with E-state index in [1.807, 2.05) is 29.2 Å². The number of carbonyl (C=O) groups is 1. The van der Waals surface area contributed by atoms with Gasteiger partial charge in [-0.1, -0.05) is 23.2 Å². The van der Waals surface area contributed by atoms with Crippen LogP contribution in [0, 0.1) is 18.3 Å². The summed E-state index contributed by atoms with van der Waals surface area (Å²) in [6.45, 7) is 1.72. The molecule has 6 nitrogen and oxygen atoms in total. The molecular formula is C20H21N3O3. The van der Waals surface area contributed by atoms with Gasteiger partial charge in [0.15, 0.2) is 0 Å². The fourth-order valence-corrected chi connectivity index (χ4v) is 3.34.